The molecule has 1 unspecified atom stereocenters. The summed E-state index contributed by atoms with van der Waals surface area (Å²) in [6, 6.07) is 11.1. The summed E-state index contributed by atoms with van der Waals surface area (Å²) in [6.07, 6.45) is 3.53. The van der Waals surface area contributed by atoms with Crippen LogP contribution in [0.4, 0.5) is 5.82 Å². The van der Waals surface area contributed by atoms with Gasteiger partial charge in [0.25, 0.3) is 5.56 Å². The van der Waals surface area contributed by atoms with Gasteiger partial charge in [-0.1, -0.05) is 12.1 Å². The van der Waals surface area contributed by atoms with E-state index in [0.29, 0.717) is 28.2 Å². The number of pyridine rings is 1. The fraction of sp³-hybridized carbons (Fsp3) is 0.318. The van der Waals surface area contributed by atoms with E-state index >= 15 is 0 Å². The number of hydrogen-bond acceptors (Lipinski definition) is 7. The van der Waals surface area contributed by atoms with E-state index in [2.05, 4.69) is 14.9 Å². The van der Waals surface area contributed by atoms with E-state index in [4.69, 9.17) is 9.97 Å². The molecule has 4 aromatic rings. The molecule has 1 saturated heterocycles. The van der Waals surface area contributed by atoms with Crippen molar-refractivity contribution in [2.45, 2.75) is 32.4 Å². The summed E-state index contributed by atoms with van der Waals surface area (Å²) >= 11 is 0. The molecule has 4 heterocycles. The third-order valence-corrected chi connectivity index (χ3v) is 5.60. The molecule has 152 valence electrons. The molecule has 0 saturated carbocycles. The highest BCUT2D eigenvalue weighted by atomic mass is 16.3. The van der Waals surface area contributed by atoms with Gasteiger partial charge in [-0.3, -0.25) is 9.36 Å². The molecule has 1 aliphatic heterocycles. The Morgan fingerprint density at radius 1 is 1.10 bits per heavy atom. The highest BCUT2D eigenvalue weighted by molar-refractivity contribution is 5.87. The van der Waals surface area contributed by atoms with Crippen LogP contribution in [0.3, 0.4) is 0 Å². The molecular weight excluding hydrogens is 380 g/mol. The summed E-state index contributed by atoms with van der Waals surface area (Å²) in [7, 11) is 0. The number of aromatic nitrogens is 5. The molecule has 3 aromatic heterocycles. The van der Waals surface area contributed by atoms with Gasteiger partial charge in [-0.05, 0) is 44.0 Å². The predicted molar refractivity (Wildman–Crippen MR) is 114 cm³/mol. The number of hydrogen-bond donors (Lipinski definition) is 1. The second kappa shape index (κ2) is 7.46. The number of fused-ring (bicyclic) bond motifs is 2. The van der Waals surface area contributed by atoms with Crippen LogP contribution in [0.15, 0.2) is 47.4 Å². The first kappa shape index (κ1) is 18.6. The van der Waals surface area contributed by atoms with Gasteiger partial charge in [-0.2, -0.15) is 0 Å². The van der Waals surface area contributed by atoms with Crippen LogP contribution >= 0.6 is 0 Å². The minimum absolute atomic E-state index is 0.119. The molecule has 30 heavy (non-hydrogen) atoms. The predicted octanol–water partition coefficient (Wildman–Crippen LogP) is 2.38. The fourth-order valence-corrected chi connectivity index (χ4v) is 4.32. The molecule has 0 spiro atoms. The van der Waals surface area contributed by atoms with Crippen molar-refractivity contribution in [3.8, 4) is 0 Å². The largest absolute Gasteiger partial charge is 0.395 e. The van der Waals surface area contributed by atoms with Crippen LogP contribution in [0.25, 0.3) is 21.9 Å². The van der Waals surface area contributed by atoms with Crippen molar-refractivity contribution in [3.63, 3.8) is 0 Å². The summed E-state index contributed by atoms with van der Waals surface area (Å²) in [5, 5.41) is 11.1. The number of aliphatic hydroxyl groups excluding tert-OH is 1. The number of anilines is 1. The van der Waals surface area contributed by atoms with Crippen LogP contribution in [0.5, 0.6) is 0 Å². The fourth-order valence-electron chi connectivity index (χ4n) is 4.32. The van der Waals surface area contributed by atoms with Crippen molar-refractivity contribution in [2.24, 2.45) is 0 Å². The first-order valence-corrected chi connectivity index (χ1v) is 10.1. The summed E-state index contributed by atoms with van der Waals surface area (Å²) < 4.78 is 1.61. The van der Waals surface area contributed by atoms with E-state index in [1.807, 2.05) is 37.3 Å². The van der Waals surface area contributed by atoms with E-state index in [0.717, 1.165) is 30.6 Å². The lowest BCUT2D eigenvalue weighted by Crippen LogP contribution is -2.33. The summed E-state index contributed by atoms with van der Waals surface area (Å²) in [5.74, 6) is 2.13. The zero-order valence-electron chi connectivity index (χ0n) is 16.7. The Balaban J connectivity index is 1.71. The van der Waals surface area contributed by atoms with Crippen LogP contribution in [-0.4, -0.2) is 42.8 Å². The van der Waals surface area contributed by atoms with Gasteiger partial charge >= 0.3 is 0 Å². The molecule has 0 bridgehead atoms. The number of nitrogens with zero attached hydrogens (tertiary/aromatic N) is 6. The third kappa shape index (κ3) is 3.00. The maximum Gasteiger partial charge on any atom is 0.261 e. The lowest BCUT2D eigenvalue weighted by molar-refractivity contribution is 0.270. The SMILES string of the molecule is Cc1nc(N2CCCC2c2nc3ccccc3c(=O)n2CCO)c2cccnc2n1. The van der Waals surface area contributed by atoms with Crippen LogP contribution in [0.1, 0.15) is 30.5 Å². The average Bonchev–Trinajstić information content (AvgIpc) is 3.24. The molecular formula is C22H22N6O2. The smallest absolute Gasteiger partial charge is 0.261 e. The third-order valence-electron chi connectivity index (χ3n) is 5.60. The van der Waals surface area contributed by atoms with Crippen LogP contribution < -0.4 is 10.5 Å². The van der Waals surface area contributed by atoms with Gasteiger partial charge in [0.15, 0.2) is 5.65 Å². The Labute approximate surface area is 172 Å². The van der Waals surface area contributed by atoms with Crippen LogP contribution in [-0.2, 0) is 6.54 Å². The maximum absolute atomic E-state index is 13.2. The minimum Gasteiger partial charge on any atom is -0.395 e. The van der Waals surface area contributed by atoms with E-state index in [9.17, 15) is 9.90 Å². The Morgan fingerprint density at radius 3 is 2.80 bits per heavy atom. The zero-order chi connectivity index (χ0) is 20.7. The van der Waals surface area contributed by atoms with Crippen molar-refractivity contribution in [3.05, 3.63) is 64.6 Å². The highest BCUT2D eigenvalue weighted by Crippen LogP contribution is 2.37. The zero-order valence-corrected chi connectivity index (χ0v) is 16.7. The Morgan fingerprint density at radius 2 is 1.93 bits per heavy atom. The molecule has 1 fully saturated rings. The summed E-state index contributed by atoms with van der Waals surface area (Å²) in [5.41, 5.74) is 1.20. The molecule has 8 heteroatoms. The standard InChI is InChI=1S/C22H22N6O2/c1-14-24-19-16(7-4-10-23-19)20(25-14)27-11-5-9-18(27)21-26-17-8-3-2-6-15(17)22(30)28(21)12-13-29/h2-4,6-8,10,18,29H,5,9,11-13H2,1H3. The van der Waals surface area contributed by atoms with Crippen molar-refractivity contribution < 1.29 is 5.11 Å². The molecule has 1 N–H and O–H groups in total. The van der Waals surface area contributed by atoms with Crippen molar-refractivity contribution in [2.75, 3.05) is 18.1 Å². The van der Waals surface area contributed by atoms with Gasteiger partial charge in [0.1, 0.15) is 17.5 Å². The molecule has 0 radical (unpaired) electrons. The Kier molecular flexibility index (Phi) is 4.63. The van der Waals surface area contributed by atoms with Gasteiger partial charge in [-0.15, -0.1) is 0 Å². The van der Waals surface area contributed by atoms with Gasteiger partial charge in [0.05, 0.1) is 35.5 Å². The Hall–Kier alpha value is -3.39. The van der Waals surface area contributed by atoms with Crippen molar-refractivity contribution >= 4 is 27.8 Å². The van der Waals surface area contributed by atoms with Crippen molar-refractivity contribution in [1.82, 2.24) is 24.5 Å². The van der Waals surface area contributed by atoms with Gasteiger partial charge in [0.2, 0.25) is 0 Å². The van der Waals surface area contributed by atoms with E-state index < -0.39 is 0 Å². The number of aliphatic hydroxyl groups is 1. The number of aryl methyl sites for hydroxylation is 1. The topological polar surface area (TPSA) is 97.0 Å². The molecule has 1 atom stereocenters. The molecule has 8 nitrogen and oxygen atoms in total. The molecule has 1 aromatic carbocycles. The van der Waals surface area contributed by atoms with E-state index in [-0.39, 0.29) is 24.8 Å². The lowest BCUT2D eigenvalue weighted by atomic mass is 10.1. The summed E-state index contributed by atoms with van der Waals surface area (Å²) in [6.45, 7) is 2.74. The average molecular weight is 402 g/mol. The molecule has 5 rings (SSSR count). The quantitative estimate of drug-likeness (QED) is 0.560. The highest BCUT2D eigenvalue weighted by Gasteiger charge is 2.32. The lowest BCUT2D eigenvalue weighted by Gasteiger charge is -2.28. The maximum atomic E-state index is 13.2. The minimum atomic E-state index is -0.126. The van der Waals surface area contributed by atoms with E-state index in [1.54, 1.807) is 16.8 Å². The second-order valence-electron chi connectivity index (χ2n) is 7.49. The van der Waals surface area contributed by atoms with Crippen LogP contribution in [0, 0.1) is 6.92 Å². The second-order valence-corrected chi connectivity index (χ2v) is 7.49. The Bertz CT molecular complexity index is 1300. The monoisotopic (exact) mass is 402 g/mol. The van der Waals surface area contributed by atoms with Gasteiger partial charge < -0.3 is 10.0 Å². The van der Waals surface area contributed by atoms with Crippen molar-refractivity contribution in [1.29, 1.82) is 0 Å². The number of rotatable bonds is 4. The summed E-state index contributed by atoms with van der Waals surface area (Å²) in [4.78, 5) is 33.8. The molecule has 0 amide bonds. The normalized spacial score (nSPS) is 16.6. The molecule has 0 aliphatic carbocycles. The number of benzene rings is 1. The first-order valence-electron chi connectivity index (χ1n) is 10.1. The van der Waals surface area contributed by atoms with Gasteiger partial charge in [-0.25, -0.2) is 19.9 Å². The van der Waals surface area contributed by atoms with Gasteiger partial charge in [0, 0.05) is 12.7 Å². The first-order chi connectivity index (χ1) is 14.7. The van der Waals surface area contributed by atoms with E-state index in [1.165, 1.54) is 0 Å². The van der Waals surface area contributed by atoms with Crippen LogP contribution in [0.2, 0.25) is 0 Å². The number of para-hydroxylation sites is 1. The molecule has 1 aliphatic rings.